The number of imidazole rings is 1. The number of ether oxygens (including phenoxy) is 1. The van der Waals surface area contributed by atoms with Gasteiger partial charge in [0.25, 0.3) is 5.91 Å². The molecule has 1 aliphatic heterocycles. The maximum atomic E-state index is 12.5. The molecule has 0 fully saturated rings. The number of aryl methyl sites for hydroxylation is 1. The zero-order valence-corrected chi connectivity index (χ0v) is 14.7. The lowest BCUT2D eigenvalue weighted by molar-refractivity contribution is 0.0950. The number of aromatic amines is 1. The number of amides is 1. The minimum Gasteiger partial charge on any atom is -0.496 e. The van der Waals surface area contributed by atoms with Crippen molar-refractivity contribution in [3.05, 3.63) is 46.9 Å². The first-order chi connectivity index (χ1) is 12.2. The number of carbonyl (C=O) groups excluding carboxylic acids is 1. The molecule has 0 saturated heterocycles. The normalized spacial score (nSPS) is 16.9. The third-order valence-corrected chi connectivity index (χ3v) is 5.23. The molecule has 1 aliphatic rings. The van der Waals surface area contributed by atoms with E-state index in [1.165, 1.54) is 11.5 Å². The molecule has 0 radical (unpaired) electrons. The molecule has 2 aromatic heterocycles. The van der Waals surface area contributed by atoms with Crippen LogP contribution in [0.5, 0.6) is 5.75 Å². The Morgan fingerprint density at radius 2 is 2.16 bits per heavy atom. The van der Waals surface area contributed by atoms with Crippen LogP contribution >= 0.6 is 11.5 Å². The van der Waals surface area contributed by atoms with Gasteiger partial charge in [-0.3, -0.25) is 4.79 Å². The van der Waals surface area contributed by atoms with Crippen LogP contribution in [0.3, 0.4) is 0 Å². The van der Waals surface area contributed by atoms with Crippen molar-refractivity contribution in [2.24, 2.45) is 0 Å². The van der Waals surface area contributed by atoms with Crippen molar-refractivity contribution in [2.75, 3.05) is 13.7 Å². The van der Waals surface area contributed by atoms with Gasteiger partial charge in [-0.15, -0.1) is 5.10 Å². The van der Waals surface area contributed by atoms with E-state index in [2.05, 4.69) is 24.9 Å². The second-order valence-corrected chi connectivity index (χ2v) is 6.71. The average Bonchev–Trinajstić information content (AvgIpc) is 3.20. The largest absolute Gasteiger partial charge is 0.496 e. The van der Waals surface area contributed by atoms with Crippen molar-refractivity contribution in [2.45, 2.75) is 19.3 Å². The average molecular weight is 355 g/mol. The number of para-hydroxylation sites is 1. The van der Waals surface area contributed by atoms with E-state index in [1.807, 2.05) is 31.2 Å². The second kappa shape index (κ2) is 6.29. The Hall–Kier alpha value is -2.74. The smallest absolute Gasteiger partial charge is 0.271 e. The van der Waals surface area contributed by atoms with E-state index in [-0.39, 0.29) is 11.8 Å². The number of nitrogens with zero attached hydrogens (tertiary/aromatic N) is 3. The van der Waals surface area contributed by atoms with E-state index < -0.39 is 0 Å². The zero-order valence-electron chi connectivity index (χ0n) is 13.9. The predicted octanol–water partition coefficient (Wildman–Crippen LogP) is 2.31. The molecule has 8 heteroatoms. The number of benzene rings is 1. The minimum atomic E-state index is -0.162. The van der Waals surface area contributed by atoms with Gasteiger partial charge in [-0.1, -0.05) is 22.7 Å². The molecule has 4 rings (SSSR count). The van der Waals surface area contributed by atoms with Gasteiger partial charge in [-0.25, -0.2) is 4.98 Å². The molecule has 7 nitrogen and oxygen atoms in total. The first-order valence-electron chi connectivity index (χ1n) is 7.96. The number of carbonyl (C=O) groups is 1. The number of hydrogen-bond donors (Lipinski definition) is 2. The van der Waals surface area contributed by atoms with Crippen molar-refractivity contribution in [1.29, 1.82) is 0 Å². The van der Waals surface area contributed by atoms with Gasteiger partial charge in [0.1, 0.15) is 16.3 Å². The maximum absolute atomic E-state index is 12.5. The van der Waals surface area contributed by atoms with E-state index in [0.717, 1.165) is 27.6 Å². The molecule has 0 aliphatic carbocycles. The Kier molecular flexibility index (Phi) is 3.96. The van der Waals surface area contributed by atoms with E-state index in [1.54, 1.807) is 7.11 Å². The molecule has 1 aromatic carbocycles. The fraction of sp³-hybridized carbons (Fsp3) is 0.294. The Morgan fingerprint density at radius 3 is 2.92 bits per heavy atom. The fourth-order valence-electron chi connectivity index (χ4n) is 3.14. The SMILES string of the molecule is COc1ccccc1[C@@H]1CNC(=O)c2nc(-c3snnc3C)[nH]c2C1. The summed E-state index contributed by atoms with van der Waals surface area (Å²) < 4.78 is 9.42. The quantitative estimate of drug-likeness (QED) is 0.752. The molecule has 128 valence electrons. The number of fused-ring (bicyclic) bond motifs is 1. The molecule has 3 heterocycles. The monoisotopic (exact) mass is 355 g/mol. The number of H-pyrrole nitrogens is 1. The lowest BCUT2D eigenvalue weighted by Crippen LogP contribution is -2.26. The van der Waals surface area contributed by atoms with E-state index in [9.17, 15) is 4.79 Å². The van der Waals surface area contributed by atoms with E-state index in [4.69, 9.17) is 4.74 Å². The highest BCUT2D eigenvalue weighted by Gasteiger charge is 2.28. The van der Waals surface area contributed by atoms with Crippen LogP contribution < -0.4 is 10.1 Å². The molecule has 1 amide bonds. The highest BCUT2D eigenvalue weighted by molar-refractivity contribution is 7.09. The summed E-state index contributed by atoms with van der Waals surface area (Å²) >= 11 is 1.27. The lowest BCUT2D eigenvalue weighted by atomic mass is 9.93. The van der Waals surface area contributed by atoms with Gasteiger partial charge in [0, 0.05) is 18.2 Å². The molecular formula is C17H17N5O2S. The standard InChI is InChI=1S/C17H17N5O2S/c1-9-15(25-22-21-9)16-19-12-7-10(8-18-17(23)14(12)20-16)11-5-3-4-6-13(11)24-2/h3-6,10H,7-8H2,1-2H3,(H,18,23)(H,19,20)/t10-/m0/s1. The van der Waals surface area contributed by atoms with Gasteiger partial charge < -0.3 is 15.0 Å². The Bertz CT molecular complexity index is 933. The molecule has 25 heavy (non-hydrogen) atoms. The number of nitrogens with one attached hydrogen (secondary N) is 2. The number of methoxy groups -OCH3 is 1. The summed E-state index contributed by atoms with van der Waals surface area (Å²) in [5.74, 6) is 1.42. The Morgan fingerprint density at radius 1 is 1.32 bits per heavy atom. The van der Waals surface area contributed by atoms with Crippen LogP contribution in [0.2, 0.25) is 0 Å². The van der Waals surface area contributed by atoms with Crippen LogP contribution in [-0.2, 0) is 6.42 Å². The molecule has 2 N–H and O–H groups in total. The third-order valence-electron chi connectivity index (χ3n) is 4.40. The van der Waals surface area contributed by atoms with Crippen molar-refractivity contribution in [3.63, 3.8) is 0 Å². The summed E-state index contributed by atoms with van der Waals surface area (Å²) in [6.45, 7) is 2.42. The fourth-order valence-corrected chi connectivity index (χ4v) is 3.74. The first kappa shape index (κ1) is 15.8. The first-order valence-corrected chi connectivity index (χ1v) is 8.74. The predicted molar refractivity (Wildman–Crippen MR) is 94.0 cm³/mol. The molecule has 0 saturated carbocycles. The van der Waals surface area contributed by atoms with Crippen LogP contribution in [0.25, 0.3) is 10.7 Å². The molecule has 1 atom stereocenters. The molecule has 3 aromatic rings. The van der Waals surface area contributed by atoms with Crippen LogP contribution in [0.1, 0.15) is 33.4 Å². The zero-order chi connectivity index (χ0) is 17.4. The second-order valence-electron chi connectivity index (χ2n) is 5.95. The number of rotatable bonds is 3. The summed E-state index contributed by atoms with van der Waals surface area (Å²) in [5.41, 5.74) is 3.15. The van der Waals surface area contributed by atoms with Gasteiger partial charge in [0.2, 0.25) is 0 Å². The maximum Gasteiger partial charge on any atom is 0.271 e. The van der Waals surface area contributed by atoms with Crippen molar-refractivity contribution in [1.82, 2.24) is 24.9 Å². The molecular weight excluding hydrogens is 338 g/mol. The highest BCUT2D eigenvalue weighted by atomic mass is 32.1. The topological polar surface area (TPSA) is 92.8 Å². The summed E-state index contributed by atoms with van der Waals surface area (Å²) in [7, 11) is 1.66. The van der Waals surface area contributed by atoms with Gasteiger partial charge >= 0.3 is 0 Å². The van der Waals surface area contributed by atoms with Crippen LogP contribution in [0.4, 0.5) is 0 Å². The van der Waals surface area contributed by atoms with Gasteiger partial charge in [-0.2, -0.15) is 0 Å². The highest BCUT2D eigenvalue weighted by Crippen LogP contribution is 2.32. The van der Waals surface area contributed by atoms with Crippen LogP contribution in [-0.4, -0.2) is 39.1 Å². The molecule has 0 unspecified atom stereocenters. The summed E-state index contributed by atoms with van der Waals surface area (Å²) in [6.07, 6.45) is 0.673. The van der Waals surface area contributed by atoms with Crippen molar-refractivity contribution in [3.8, 4) is 16.5 Å². The number of hydrogen-bond acceptors (Lipinski definition) is 6. The Labute approximate surface area is 148 Å². The summed E-state index contributed by atoms with van der Waals surface area (Å²) in [5, 5.41) is 6.98. The van der Waals surface area contributed by atoms with E-state index >= 15 is 0 Å². The number of aromatic nitrogens is 4. The van der Waals surface area contributed by atoms with Crippen molar-refractivity contribution >= 4 is 17.4 Å². The van der Waals surface area contributed by atoms with Gasteiger partial charge in [-0.05, 0) is 36.5 Å². The molecule has 0 bridgehead atoms. The minimum absolute atomic E-state index is 0.107. The third kappa shape index (κ3) is 2.78. The van der Waals surface area contributed by atoms with Gasteiger partial charge in [0.15, 0.2) is 5.82 Å². The van der Waals surface area contributed by atoms with E-state index in [0.29, 0.717) is 24.5 Å². The summed E-state index contributed by atoms with van der Waals surface area (Å²) in [4.78, 5) is 21.1. The molecule has 0 spiro atoms. The van der Waals surface area contributed by atoms with Crippen LogP contribution in [0.15, 0.2) is 24.3 Å². The van der Waals surface area contributed by atoms with Gasteiger partial charge in [0.05, 0.1) is 12.8 Å². The summed E-state index contributed by atoms with van der Waals surface area (Å²) in [6, 6.07) is 7.90. The van der Waals surface area contributed by atoms with Crippen molar-refractivity contribution < 1.29 is 9.53 Å². The Balaban J connectivity index is 1.73. The van der Waals surface area contributed by atoms with Crippen LogP contribution in [0, 0.1) is 6.92 Å². The lowest BCUT2D eigenvalue weighted by Gasteiger charge is -2.17.